The largest absolute Gasteiger partial charge is 0.493 e. The average molecular weight is 329 g/mol. The summed E-state index contributed by atoms with van der Waals surface area (Å²) in [6, 6.07) is 11.1. The zero-order chi connectivity index (χ0) is 16.4. The minimum absolute atomic E-state index is 0.0437. The molecule has 0 aromatic heterocycles. The van der Waals surface area contributed by atoms with Gasteiger partial charge in [0.15, 0.2) is 17.3 Å². The lowest BCUT2D eigenvalue weighted by Gasteiger charge is -2.20. The molecule has 0 aliphatic heterocycles. The molecule has 0 spiro atoms. The molecule has 118 valence electrons. The summed E-state index contributed by atoms with van der Waals surface area (Å²) in [5.41, 5.74) is 3.46. The summed E-state index contributed by atoms with van der Waals surface area (Å²) in [4.78, 5) is 12.8. The number of ketones is 1. The van der Waals surface area contributed by atoms with Crippen molar-refractivity contribution < 1.29 is 14.3 Å². The van der Waals surface area contributed by atoms with Gasteiger partial charge < -0.3 is 9.47 Å². The highest BCUT2D eigenvalue weighted by molar-refractivity contribution is 6.30. The van der Waals surface area contributed by atoms with E-state index < -0.39 is 0 Å². The summed E-state index contributed by atoms with van der Waals surface area (Å²) in [5.74, 6) is 1.28. The number of ether oxygens (including phenoxy) is 2. The van der Waals surface area contributed by atoms with Crippen molar-refractivity contribution >= 4 is 23.5 Å². The van der Waals surface area contributed by atoms with Crippen molar-refractivity contribution in [3.8, 4) is 11.5 Å². The SMILES string of the molecule is COc1cc2c(cc1OC)C(=O)/C(=C\c1ccc(Cl)cc1)CC2. The number of allylic oxidation sites excluding steroid dienone is 1. The number of Topliss-reactive ketones (excluding diaryl/α,β-unsaturated/α-hetero) is 1. The van der Waals surface area contributed by atoms with Gasteiger partial charge in [-0.1, -0.05) is 23.7 Å². The molecule has 0 saturated carbocycles. The van der Waals surface area contributed by atoms with Crippen molar-refractivity contribution in [2.75, 3.05) is 14.2 Å². The third-order valence-corrected chi connectivity index (χ3v) is 4.27. The summed E-state index contributed by atoms with van der Waals surface area (Å²) in [7, 11) is 3.17. The summed E-state index contributed by atoms with van der Waals surface area (Å²) in [5, 5.41) is 0.685. The van der Waals surface area contributed by atoms with Crippen LogP contribution < -0.4 is 9.47 Å². The first-order chi connectivity index (χ1) is 11.1. The maximum Gasteiger partial charge on any atom is 0.189 e. The van der Waals surface area contributed by atoms with E-state index in [1.165, 1.54) is 0 Å². The zero-order valence-electron chi connectivity index (χ0n) is 13.1. The van der Waals surface area contributed by atoms with Crippen LogP contribution in [0.3, 0.4) is 0 Å². The molecular formula is C19H17ClO3. The van der Waals surface area contributed by atoms with Crippen LogP contribution in [0.25, 0.3) is 6.08 Å². The molecule has 0 amide bonds. The number of methoxy groups -OCH3 is 2. The van der Waals surface area contributed by atoms with E-state index in [1.807, 2.05) is 36.4 Å². The molecule has 1 aliphatic rings. The highest BCUT2D eigenvalue weighted by Gasteiger charge is 2.24. The van der Waals surface area contributed by atoms with Gasteiger partial charge in [0.25, 0.3) is 0 Å². The Balaban J connectivity index is 1.98. The first-order valence-electron chi connectivity index (χ1n) is 7.38. The van der Waals surface area contributed by atoms with Crippen LogP contribution in [0.2, 0.25) is 5.02 Å². The summed E-state index contributed by atoms with van der Waals surface area (Å²) < 4.78 is 10.6. The lowest BCUT2D eigenvalue weighted by molar-refractivity contribution is 0.102. The molecule has 0 radical (unpaired) electrons. The maximum absolute atomic E-state index is 12.8. The number of halogens is 1. The van der Waals surface area contributed by atoms with E-state index in [0.717, 1.165) is 23.1 Å². The van der Waals surface area contributed by atoms with Gasteiger partial charge in [0.05, 0.1) is 14.2 Å². The highest BCUT2D eigenvalue weighted by atomic mass is 35.5. The molecule has 1 aliphatic carbocycles. The Bertz CT molecular complexity index is 776. The summed E-state index contributed by atoms with van der Waals surface area (Å²) in [6.45, 7) is 0. The van der Waals surface area contributed by atoms with E-state index in [2.05, 4.69) is 0 Å². The summed E-state index contributed by atoms with van der Waals surface area (Å²) in [6.07, 6.45) is 3.45. The molecule has 2 aromatic rings. The van der Waals surface area contributed by atoms with Gasteiger partial charge in [-0.3, -0.25) is 4.79 Å². The third kappa shape index (κ3) is 3.10. The van der Waals surface area contributed by atoms with Gasteiger partial charge in [-0.05, 0) is 54.3 Å². The Kier molecular flexibility index (Phi) is 4.39. The van der Waals surface area contributed by atoms with Crippen LogP contribution in [0.5, 0.6) is 11.5 Å². The Labute approximate surface area is 140 Å². The normalized spacial score (nSPS) is 15.4. The van der Waals surface area contributed by atoms with Crippen LogP contribution in [0, 0.1) is 0 Å². The second kappa shape index (κ2) is 6.47. The van der Waals surface area contributed by atoms with Gasteiger partial charge in [-0.2, -0.15) is 0 Å². The molecule has 3 rings (SSSR count). The Morgan fingerprint density at radius 1 is 1.00 bits per heavy atom. The molecule has 2 aromatic carbocycles. The topological polar surface area (TPSA) is 35.5 Å². The number of benzene rings is 2. The van der Waals surface area contributed by atoms with Crippen molar-refractivity contribution in [1.82, 2.24) is 0 Å². The van der Waals surface area contributed by atoms with Crippen LogP contribution in [-0.2, 0) is 6.42 Å². The molecule has 0 unspecified atom stereocenters. The first-order valence-corrected chi connectivity index (χ1v) is 7.76. The van der Waals surface area contributed by atoms with Crippen molar-refractivity contribution in [3.63, 3.8) is 0 Å². The minimum atomic E-state index is 0.0437. The highest BCUT2D eigenvalue weighted by Crippen LogP contribution is 2.35. The Morgan fingerprint density at radius 3 is 2.30 bits per heavy atom. The molecule has 23 heavy (non-hydrogen) atoms. The maximum atomic E-state index is 12.8. The van der Waals surface area contributed by atoms with Crippen LogP contribution >= 0.6 is 11.6 Å². The van der Waals surface area contributed by atoms with Crippen molar-refractivity contribution in [2.24, 2.45) is 0 Å². The third-order valence-electron chi connectivity index (χ3n) is 4.02. The minimum Gasteiger partial charge on any atom is -0.493 e. The molecule has 0 atom stereocenters. The van der Waals surface area contributed by atoms with Crippen molar-refractivity contribution in [3.05, 3.63) is 63.7 Å². The fourth-order valence-electron chi connectivity index (χ4n) is 2.79. The monoisotopic (exact) mass is 328 g/mol. The zero-order valence-corrected chi connectivity index (χ0v) is 13.8. The van der Waals surface area contributed by atoms with Gasteiger partial charge in [0.1, 0.15) is 0 Å². The summed E-state index contributed by atoms with van der Waals surface area (Å²) >= 11 is 5.90. The number of rotatable bonds is 3. The number of aryl methyl sites for hydroxylation is 1. The number of fused-ring (bicyclic) bond motifs is 1. The standard InChI is InChI=1S/C19H17ClO3/c1-22-17-10-13-5-6-14(9-12-3-7-15(20)8-4-12)19(21)16(13)11-18(17)23-2/h3-4,7-11H,5-6H2,1-2H3/b14-9-. The van der Waals surface area contributed by atoms with Crippen LogP contribution in [0.15, 0.2) is 42.0 Å². The lowest BCUT2D eigenvalue weighted by atomic mass is 9.85. The predicted molar refractivity (Wildman–Crippen MR) is 91.6 cm³/mol. The number of hydrogen-bond donors (Lipinski definition) is 0. The number of hydrogen-bond acceptors (Lipinski definition) is 3. The van der Waals surface area contributed by atoms with E-state index in [1.54, 1.807) is 20.3 Å². The Hall–Kier alpha value is -2.26. The molecule has 0 N–H and O–H groups in total. The Morgan fingerprint density at radius 2 is 1.65 bits per heavy atom. The molecule has 0 bridgehead atoms. The molecule has 0 fully saturated rings. The second-order valence-corrected chi connectivity index (χ2v) is 5.85. The van der Waals surface area contributed by atoms with Gasteiger partial charge in [0, 0.05) is 16.2 Å². The van der Waals surface area contributed by atoms with E-state index in [4.69, 9.17) is 21.1 Å². The molecule has 0 heterocycles. The predicted octanol–water partition coefficient (Wildman–Crippen LogP) is 4.57. The van der Waals surface area contributed by atoms with E-state index in [9.17, 15) is 4.79 Å². The smallest absolute Gasteiger partial charge is 0.189 e. The van der Waals surface area contributed by atoms with Crippen molar-refractivity contribution in [1.29, 1.82) is 0 Å². The molecule has 4 heteroatoms. The molecular weight excluding hydrogens is 312 g/mol. The van der Waals surface area contributed by atoms with Crippen LogP contribution in [0.1, 0.15) is 27.9 Å². The fourth-order valence-corrected chi connectivity index (χ4v) is 2.92. The molecule has 3 nitrogen and oxygen atoms in total. The number of carbonyl (C=O) groups is 1. The van der Waals surface area contributed by atoms with Gasteiger partial charge >= 0.3 is 0 Å². The quantitative estimate of drug-likeness (QED) is 0.774. The fraction of sp³-hybridized carbons (Fsp3) is 0.211. The number of carbonyl (C=O) groups excluding carboxylic acids is 1. The molecule has 0 saturated heterocycles. The first kappa shape index (κ1) is 15.6. The van der Waals surface area contributed by atoms with Crippen molar-refractivity contribution in [2.45, 2.75) is 12.8 Å². The van der Waals surface area contributed by atoms with E-state index in [0.29, 0.717) is 28.5 Å². The van der Waals surface area contributed by atoms with E-state index >= 15 is 0 Å². The van der Waals surface area contributed by atoms with Gasteiger partial charge in [0.2, 0.25) is 0 Å². The van der Waals surface area contributed by atoms with Gasteiger partial charge in [-0.25, -0.2) is 0 Å². The van der Waals surface area contributed by atoms with Crippen LogP contribution in [-0.4, -0.2) is 20.0 Å². The average Bonchev–Trinajstić information content (AvgIpc) is 2.58. The van der Waals surface area contributed by atoms with E-state index in [-0.39, 0.29) is 5.78 Å². The van der Waals surface area contributed by atoms with Crippen LogP contribution in [0.4, 0.5) is 0 Å². The lowest BCUT2D eigenvalue weighted by Crippen LogP contribution is -2.14. The second-order valence-electron chi connectivity index (χ2n) is 5.41. The van der Waals surface area contributed by atoms with Gasteiger partial charge in [-0.15, -0.1) is 0 Å².